The van der Waals surface area contributed by atoms with Crippen molar-refractivity contribution in [2.75, 3.05) is 37.7 Å². The number of ether oxygens (including phenoxy) is 1. The first-order chi connectivity index (χ1) is 12.2. The van der Waals surface area contributed by atoms with E-state index in [0.29, 0.717) is 24.9 Å². The lowest BCUT2D eigenvalue weighted by molar-refractivity contribution is -0.121. The van der Waals surface area contributed by atoms with Gasteiger partial charge in [-0.25, -0.2) is 4.79 Å². The highest BCUT2D eigenvalue weighted by Gasteiger charge is 2.37. The molecule has 1 aromatic rings. The van der Waals surface area contributed by atoms with E-state index in [1.807, 2.05) is 29.2 Å². The lowest BCUT2D eigenvalue weighted by Crippen LogP contribution is -2.42. The topological polar surface area (TPSA) is 61.9 Å². The number of carbonyl (C=O) groups excluding carboxylic acids is 2. The molecule has 1 aliphatic carbocycles. The number of rotatable bonds is 4. The molecule has 1 N–H and O–H groups in total. The first-order valence-electron chi connectivity index (χ1n) is 9.27. The summed E-state index contributed by atoms with van der Waals surface area (Å²) in [5, 5.41) is 3.01. The average Bonchev–Trinajstić information content (AvgIpc) is 3.22. The molecule has 4 rings (SSSR count). The van der Waals surface area contributed by atoms with Gasteiger partial charge in [-0.15, -0.1) is 0 Å². The maximum Gasteiger partial charge on any atom is 0.317 e. The summed E-state index contributed by atoms with van der Waals surface area (Å²) in [7, 11) is 0. The summed E-state index contributed by atoms with van der Waals surface area (Å²) < 4.78 is 5.45. The molecule has 1 aromatic carbocycles. The lowest BCUT2D eigenvalue weighted by atomic mass is 10.0. The zero-order chi connectivity index (χ0) is 17.2. The number of carbonyl (C=O) groups is 2. The summed E-state index contributed by atoms with van der Waals surface area (Å²) in [6.07, 6.45) is 4.59. The number of amides is 3. The van der Waals surface area contributed by atoms with Crippen LogP contribution in [0.2, 0.25) is 0 Å². The van der Waals surface area contributed by atoms with Crippen LogP contribution in [0.3, 0.4) is 0 Å². The number of likely N-dealkylation sites (tertiary alicyclic amines) is 1. The van der Waals surface area contributed by atoms with Crippen LogP contribution in [0.4, 0.5) is 10.5 Å². The SMILES string of the molecule is O=C(NCCCN1C(=O)COc2ccccc21)N1CC2CCCC2C1. The molecular formula is C19H25N3O3. The van der Waals surface area contributed by atoms with E-state index in [2.05, 4.69) is 5.32 Å². The molecule has 0 bridgehead atoms. The first kappa shape index (κ1) is 16.2. The molecule has 25 heavy (non-hydrogen) atoms. The van der Waals surface area contributed by atoms with Gasteiger partial charge in [0.1, 0.15) is 5.75 Å². The Balaban J connectivity index is 1.24. The molecule has 134 valence electrons. The van der Waals surface area contributed by atoms with Crippen molar-refractivity contribution in [3.05, 3.63) is 24.3 Å². The van der Waals surface area contributed by atoms with E-state index in [4.69, 9.17) is 4.74 Å². The highest BCUT2D eigenvalue weighted by molar-refractivity contribution is 5.97. The molecule has 0 aromatic heterocycles. The predicted octanol–water partition coefficient (Wildman–Crippen LogP) is 2.24. The summed E-state index contributed by atoms with van der Waals surface area (Å²) in [6.45, 7) is 3.07. The van der Waals surface area contributed by atoms with Gasteiger partial charge in [0, 0.05) is 26.2 Å². The third-order valence-corrected chi connectivity index (χ3v) is 5.66. The molecule has 3 aliphatic rings. The number of hydrogen-bond donors (Lipinski definition) is 1. The summed E-state index contributed by atoms with van der Waals surface area (Å²) in [6, 6.07) is 7.62. The molecule has 0 spiro atoms. The molecule has 1 saturated heterocycles. The van der Waals surface area contributed by atoms with Crippen molar-refractivity contribution in [2.45, 2.75) is 25.7 Å². The first-order valence-corrected chi connectivity index (χ1v) is 9.27. The third kappa shape index (κ3) is 3.30. The summed E-state index contributed by atoms with van der Waals surface area (Å²) in [5.74, 6) is 2.15. The lowest BCUT2D eigenvalue weighted by Gasteiger charge is -2.29. The van der Waals surface area contributed by atoms with Crippen LogP contribution >= 0.6 is 0 Å². The molecule has 2 fully saturated rings. The Bertz CT molecular complexity index is 651. The average molecular weight is 343 g/mol. The second-order valence-electron chi connectivity index (χ2n) is 7.24. The van der Waals surface area contributed by atoms with E-state index in [-0.39, 0.29) is 18.5 Å². The second-order valence-corrected chi connectivity index (χ2v) is 7.24. The van der Waals surface area contributed by atoms with Crippen LogP contribution in [-0.4, -0.2) is 49.6 Å². The monoisotopic (exact) mass is 343 g/mol. The highest BCUT2D eigenvalue weighted by Crippen LogP contribution is 2.37. The molecule has 2 atom stereocenters. The predicted molar refractivity (Wildman–Crippen MR) is 94.7 cm³/mol. The molecule has 6 heteroatoms. The van der Waals surface area contributed by atoms with E-state index in [1.165, 1.54) is 19.3 Å². The Morgan fingerprint density at radius 2 is 1.96 bits per heavy atom. The van der Waals surface area contributed by atoms with Gasteiger partial charge in [0.2, 0.25) is 0 Å². The fraction of sp³-hybridized carbons (Fsp3) is 0.579. The molecule has 1 saturated carbocycles. The van der Waals surface area contributed by atoms with Crippen LogP contribution in [0.1, 0.15) is 25.7 Å². The van der Waals surface area contributed by atoms with Crippen LogP contribution in [0.25, 0.3) is 0 Å². The molecule has 6 nitrogen and oxygen atoms in total. The van der Waals surface area contributed by atoms with Gasteiger partial charge in [-0.05, 0) is 43.2 Å². The number of fused-ring (bicyclic) bond motifs is 2. The Morgan fingerprint density at radius 1 is 1.20 bits per heavy atom. The molecule has 2 heterocycles. The van der Waals surface area contributed by atoms with Crippen molar-refractivity contribution in [2.24, 2.45) is 11.8 Å². The minimum absolute atomic E-state index is 0.0302. The zero-order valence-electron chi connectivity index (χ0n) is 14.4. The van der Waals surface area contributed by atoms with Crippen LogP contribution in [0, 0.1) is 11.8 Å². The van der Waals surface area contributed by atoms with Crippen LogP contribution < -0.4 is 15.0 Å². The molecule has 3 amide bonds. The fourth-order valence-corrected chi connectivity index (χ4v) is 4.34. The minimum Gasteiger partial charge on any atom is -0.482 e. The van der Waals surface area contributed by atoms with Gasteiger partial charge >= 0.3 is 6.03 Å². The zero-order valence-corrected chi connectivity index (χ0v) is 14.4. The van der Waals surface area contributed by atoms with Crippen molar-refractivity contribution in [3.8, 4) is 5.75 Å². The molecule has 0 radical (unpaired) electrons. The number of hydrogen-bond acceptors (Lipinski definition) is 3. The third-order valence-electron chi connectivity index (χ3n) is 5.66. The van der Waals surface area contributed by atoms with E-state index in [1.54, 1.807) is 4.90 Å². The van der Waals surface area contributed by atoms with Crippen molar-refractivity contribution in [1.29, 1.82) is 0 Å². The van der Waals surface area contributed by atoms with Crippen molar-refractivity contribution >= 4 is 17.6 Å². The van der Waals surface area contributed by atoms with Crippen molar-refractivity contribution in [1.82, 2.24) is 10.2 Å². The van der Waals surface area contributed by atoms with E-state index in [0.717, 1.165) is 30.9 Å². The smallest absolute Gasteiger partial charge is 0.317 e. The van der Waals surface area contributed by atoms with E-state index in [9.17, 15) is 9.59 Å². The standard InChI is InChI=1S/C19H25N3O3/c23-18-13-25-17-8-2-1-7-16(17)22(18)10-4-9-20-19(24)21-11-14-5-3-6-15(14)12-21/h1-2,7-8,14-15H,3-6,9-13H2,(H,20,24). The molecular weight excluding hydrogens is 318 g/mol. The Labute approximate surface area is 148 Å². The Morgan fingerprint density at radius 3 is 2.76 bits per heavy atom. The van der Waals surface area contributed by atoms with Crippen LogP contribution in [-0.2, 0) is 4.79 Å². The number of nitrogens with one attached hydrogen (secondary N) is 1. The quantitative estimate of drug-likeness (QED) is 0.853. The van der Waals surface area contributed by atoms with Crippen LogP contribution in [0.15, 0.2) is 24.3 Å². The van der Waals surface area contributed by atoms with Gasteiger partial charge in [0.25, 0.3) is 5.91 Å². The fourth-order valence-electron chi connectivity index (χ4n) is 4.34. The van der Waals surface area contributed by atoms with Gasteiger partial charge in [-0.3, -0.25) is 4.79 Å². The minimum atomic E-state index is -0.0302. The number of anilines is 1. The number of urea groups is 1. The summed E-state index contributed by atoms with van der Waals surface area (Å²) in [4.78, 5) is 28.1. The van der Waals surface area contributed by atoms with Crippen LogP contribution in [0.5, 0.6) is 5.75 Å². The normalized spacial score (nSPS) is 24.7. The molecule has 2 unspecified atom stereocenters. The maximum atomic E-state index is 12.3. The van der Waals surface area contributed by atoms with Crippen molar-refractivity contribution in [3.63, 3.8) is 0 Å². The number of nitrogens with zero attached hydrogens (tertiary/aromatic N) is 2. The van der Waals surface area contributed by atoms with Gasteiger partial charge < -0.3 is 19.9 Å². The Kier molecular flexibility index (Phi) is 4.51. The van der Waals surface area contributed by atoms with E-state index >= 15 is 0 Å². The second kappa shape index (κ2) is 6.94. The van der Waals surface area contributed by atoms with Gasteiger partial charge in [-0.1, -0.05) is 18.6 Å². The molecule has 2 aliphatic heterocycles. The highest BCUT2D eigenvalue weighted by atomic mass is 16.5. The number of para-hydroxylation sites is 2. The largest absolute Gasteiger partial charge is 0.482 e. The Hall–Kier alpha value is -2.24. The van der Waals surface area contributed by atoms with E-state index < -0.39 is 0 Å². The summed E-state index contributed by atoms with van der Waals surface area (Å²) >= 11 is 0. The summed E-state index contributed by atoms with van der Waals surface area (Å²) in [5.41, 5.74) is 0.817. The van der Waals surface area contributed by atoms with Gasteiger partial charge in [0.15, 0.2) is 6.61 Å². The van der Waals surface area contributed by atoms with Gasteiger partial charge in [0.05, 0.1) is 5.69 Å². The van der Waals surface area contributed by atoms with Gasteiger partial charge in [-0.2, -0.15) is 0 Å². The van der Waals surface area contributed by atoms with Crippen molar-refractivity contribution < 1.29 is 14.3 Å². The maximum absolute atomic E-state index is 12.3. The number of benzene rings is 1.